The monoisotopic (exact) mass is 599 g/mol. The molecule has 2 heterocycles. The summed E-state index contributed by atoms with van der Waals surface area (Å²) in [5.74, 6) is 1.44. The van der Waals surface area contributed by atoms with Crippen LogP contribution in [0.3, 0.4) is 0 Å². The van der Waals surface area contributed by atoms with Gasteiger partial charge in [-0.3, -0.25) is 0 Å². The fraction of sp³-hybridized carbons (Fsp3) is 0. The summed E-state index contributed by atoms with van der Waals surface area (Å²) in [5, 5.41) is 0. The molecular formula is C39H25N3O2S. The number of hydrogen-bond acceptors (Lipinski definition) is 5. The molecule has 0 saturated heterocycles. The third-order valence-electron chi connectivity index (χ3n) is 8.12. The van der Waals surface area contributed by atoms with Crippen LogP contribution in [0.1, 0.15) is 0 Å². The van der Waals surface area contributed by atoms with E-state index in [-0.39, 0.29) is 4.90 Å². The zero-order chi connectivity index (χ0) is 30.4. The van der Waals surface area contributed by atoms with Gasteiger partial charge >= 0.3 is 0 Å². The van der Waals surface area contributed by atoms with E-state index in [1.165, 1.54) is 0 Å². The summed E-state index contributed by atoms with van der Waals surface area (Å²) in [6.45, 7) is 0. The second-order valence-corrected chi connectivity index (χ2v) is 12.8. The maximum absolute atomic E-state index is 13.8. The number of aromatic nitrogens is 3. The highest BCUT2D eigenvalue weighted by atomic mass is 32.2. The first-order valence-corrected chi connectivity index (χ1v) is 16.1. The van der Waals surface area contributed by atoms with E-state index >= 15 is 0 Å². The molecule has 45 heavy (non-hydrogen) atoms. The standard InChI is InChI=1S/C39H25N3O2S/c43-45(44)34-24-23-31(27-13-6-2-7-14-27)25-33(34)36-32(17-10-18-35(36)45)39-41-37(29-15-8-3-9-16-29)40-38(42-39)30-21-19-28(20-22-30)26-11-4-1-5-12-26/h1-25H. The van der Waals surface area contributed by atoms with Gasteiger partial charge in [0.25, 0.3) is 0 Å². The van der Waals surface area contributed by atoms with E-state index < -0.39 is 9.84 Å². The second kappa shape index (κ2) is 10.8. The zero-order valence-electron chi connectivity index (χ0n) is 24.0. The number of hydrogen-bond donors (Lipinski definition) is 0. The third-order valence-corrected chi connectivity index (χ3v) is 9.97. The molecule has 5 nitrogen and oxygen atoms in total. The van der Waals surface area contributed by atoms with Gasteiger partial charge in [0, 0.05) is 27.8 Å². The van der Waals surface area contributed by atoms with Gasteiger partial charge < -0.3 is 0 Å². The zero-order valence-corrected chi connectivity index (χ0v) is 24.8. The lowest BCUT2D eigenvalue weighted by Crippen LogP contribution is -2.01. The topological polar surface area (TPSA) is 72.8 Å². The molecule has 0 aliphatic carbocycles. The molecule has 6 heteroatoms. The van der Waals surface area contributed by atoms with Crippen molar-refractivity contribution >= 4 is 9.84 Å². The predicted octanol–water partition coefficient (Wildman–Crippen LogP) is 9.02. The minimum absolute atomic E-state index is 0.260. The Kier molecular flexibility index (Phi) is 6.43. The molecular weight excluding hydrogens is 575 g/mol. The van der Waals surface area contributed by atoms with Crippen LogP contribution in [0.4, 0.5) is 0 Å². The van der Waals surface area contributed by atoms with Gasteiger partial charge in [0.15, 0.2) is 17.5 Å². The minimum atomic E-state index is -3.72. The minimum Gasteiger partial charge on any atom is -0.218 e. The molecule has 0 amide bonds. The number of nitrogens with zero attached hydrogens (tertiary/aromatic N) is 3. The fourth-order valence-corrected chi connectivity index (χ4v) is 7.57. The highest BCUT2D eigenvalue weighted by molar-refractivity contribution is 7.92. The van der Waals surface area contributed by atoms with Crippen molar-refractivity contribution in [2.45, 2.75) is 9.79 Å². The van der Waals surface area contributed by atoms with Crippen molar-refractivity contribution in [3.8, 4) is 67.5 Å². The van der Waals surface area contributed by atoms with E-state index in [0.717, 1.165) is 33.4 Å². The van der Waals surface area contributed by atoms with Crippen LogP contribution in [-0.2, 0) is 9.84 Å². The molecule has 0 N–H and O–H groups in total. The summed E-state index contributed by atoms with van der Waals surface area (Å²) in [7, 11) is -3.72. The summed E-state index contributed by atoms with van der Waals surface area (Å²) in [6.07, 6.45) is 0. The normalized spacial score (nSPS) is 12.8. The molecule has 214 valence electrons. The number of fused-ring (bicyclic) bond motifs is 3. The summed E-state index contributed by atoms with van der Waals surface area (Å²) in [4.78, 5) is 15.3. The van der Waals surface area contributed by atoms with Crippen LogP contribution in [0.25, 0.3) is 67.5 Å². The molecule has 0 fully saturated rings. The Balaban J connectivity index is 1.32. The average molecular weight is 600 g/mol. The van der Waals surface area contributed by atoms with Crippen LogP contribution in [-0.4, -0.2) is 23.4 Å². The van der Waals surface area contributed by atoms with Gasteiger partial charge in [-0.05, 0) is 40.5 Å². The van der Waals surface area contributed by atoms with Crippen LogP contribution >= 0.6 is 0 Å². The van der Waals surface area contributed by atoms with Gasteiger partial charge in [-0.1, -0.05) is 133 Å². The third kappa shape index (κ3) is 4.72. The molecule has 1 aromatic heterocycles. The Morgan fingerprint density at radius 3 is 1.44 bits per heavy atom. The van der Waals surface area contributed by atoms with Crippen molar-refractivity contribution in [1.29, 1.82) is 0 Å². The van der Waals surface area contributed by atoms with Crippen molar-refractivity contribution in [3.05, 3.63) is 152 Å². The van der Waals surface area contributed by atoms with Crippen molar-refractivity contribution in [2.24, 2.45) is 0 Å². The number of sulfone groups is 1. The SMILES string of the molecule is O=S1(=O)c2ccc(-c3ccccc3)cc2-c2c(-c3nc(-c4ccccc4)nc(-c4ccc(-c5ccccc5)cc4)n3)cccc21. The average Bonchev–Trinajstić information content (AvgIpc) is 3.35. The highest BCUT2D eigenvalue weighted by Crippen LogP contribution is 2.48. The molecule has 7 aromatic rings. The summed E-state index contributed by atoms with van der Waals surface area (Å²) >= 11 is 0. The highest BCUT2D eigenvalue weighted by Gasteiger charge is 2.35. The molecule has 8 rings (SSSR count). The lowest BCUT2D eigenvalue weighted by molar-refractivity contribution is 0.598. The van der Waals surface area contributed by atoms with Crippen molar-refractivity contribution < 1.29 is 8.42 Å². The van der Waals surface area contributed by atoms with Gasteiger partial charge in [0.05, 0.1) is 9.79 Å². The molecule has 1 aliphatic rings. The first-order chi connectivity index (χ1) is 22.1. The van der Waals surface area contributed by atoms with Crippen LogP contribution in [0.15, 0.2) is 161 Å². The van der Waals surface area contributed by atoms with E-state index in [4.69, 9.17) is 15.0 Å². The fourth-order valence-electron chi connectivity index (χ4n) is 5.89. The van der Waals surface area contributed by atoms with Gasteiger partial charge in [-0.25, -0.2) is 23.4 Å². The summed E-state index contributed by atoms with van der Waals surface area (Å²) in [5.41, 5.74) is 7.75. The predicted molar refractivity (Wildman–Crippen MR) is 178 cm³/mol. The number of rotatable bonds is 5. The van der Waals surface area contributed by atoms with Crippen molar-refractivity contribution in [1.82, 2.24) is 15.0 Å². The maximum atomic E-state index is 13.8. The molecule has 0 radical (unpaired) electrons. The smallest absolute Gasteiger partial charge is 0.207 e. The Bertz CT molecular complexity index is 2310. The quantitative estimate of drug-likeness (QED) is 0.197. The Morgan fingerprint density at radius 2 is 0.822 bits per heavy atom. The molecule has 0 bridgehead atoms. The van der Waals surface area contributed by atoms with Crippen molar-refractivity contribution in [3.63, 3.8) is 0 Å². The van der Waals surface area contributed by atoms with E-state index in [1.54, 1.807) is 18.2 Å². The maximum Gasteiger partial charge on any atom is 0.207 e. The molecule has 0 atom stereocenters. The summed E-state index contributed by atoms with van der Waals surface area (Å²) < 4.78 is 27.6. The lowest BCUT2D eigenvalue weighted by atomic mass is 9.95. The molecule has 0 unspecified atom stereocenters. The molecule has 1 aliphatic heterocycles. The largest absolute Gasteiger partial charge is 0.218 e. The Morgan fingerprint density at radius 1 is 0.356 bits per heavy atom. The first kappa shape index (κ1) is 26.9. The van der Waals surface area contributed by atoms with E-state index in [9.17, 15) is 8.42 Å². The number of benzene rings is 6. The lowest BCUT2D eigenvalue weighted by Gasteiger charge is -2.12. The van der Waals surface area contributed by atoms with E-state index in [1.807, 2.05) is 109 Å². The summed E-state index contributed by atoms with van der Waals surface area (Å²) in [6, 6.07) is 48.9. The Labute approximate surface area is 261 Å². The van der Waals surface area contributed by atoms with Gasteiger partial charge in [-0.2, -0.15) is 0 Å². The Hall–Kier alpha value is -5.72. The molecule has 6 aromatic carbocycles. The van der Waals surface area contributed by atoms with Crippen LogP contribution in [0, 0.1) is 0 Å². The van der Waals surface area contributed by atoms with Gasteiger partial charge in [0.1, 0.15) is 0 Å². The van der Waals surface area contributed by atoms with Crippen molar-refractivity contribution in [2.75, 3.05) is 0 Å². The second-order valence-electron chi connectivity index (χ2n) is 10.9. The first-order valence-electron chi connectivity index (χ1n) is 14.6. The van der Waals surface area contributed by atoms with Gasteiger partial charge in [0.2, 0.25) is 9.84 Å². The van der Waals surface area contributed by atoms with E-state index in [2.05, 4.69) is 24.3 Å². The van der Waals surface area contributed by atoms with Gasteiger partial charge in [-0.15, -0.1) is 0 Å². The van der Waals surface area contributed by atoms with Crippen LogP contribution in [0.5, 0.6) is 0 Å². The molecule has 0 saturated carbocycles. The van der Waals surface area contributed by atoms with Crippen LogP contribution in [0.2, 0.25) is 0 Å². The molecule has 0 spiro atoms. The van der Waals surface area contributed by atoms with E-state index in [0.29, 0.717) is 39.1 Å². The van der Waals surface area contributed by atoms with Crippen LogP contribution < -0.4 is 0 Å².